The number of nitriles is 1. The van der Waals surface area contributed by atoms with Crippen molar-refractivity contribution in [3.63, 3.8) is 0 Å². The lowest BCUT2D eigenvalue weighted by atomic mass is 9.79. The van der Waals surface area contributed by atoms with Gasteiger partial charge in [-0.05, 0) is 86.6 Å². The summed E-state index contributed by atoms with van der Waals surface area (Å²) in [7, 11) is 2.13. The third-order valence-corrected chi connectivity index (χ3v) is 6.08. The van der Waals surface area contributed by atoms with Crippen molar-refractivity contribution in [3.05, 3.63) is 64.2 Å². The van der Waals surface area contributed by atoms with Gasteiger partial charge in [-0.15, -0.1) is 0 Å². The van der Waals surface area contributed by atoms with E-state index in [0.717, 1.165) is 28.8 Å². The topological polar surface area (TPSA) is 56.1 Å². The van der Waals surface area contributed by atoms with Gasteiger partial charge in [0.25, 0.3) is 5.91 Å². The number of rotatable bonds is 3. The van der Waals surface area contributed by atoms with Gasteiger partial charge >= 0.3 is 0 Å². The van der Waals surface area contributed by atoms with Crippen molar-refractivity contribution in [1.82, 2.24) is 0 Å². The Kier molecular flexibility index (Phi) is 5.53. The Morgan fingerprint density at radius 3 is 2.59 bits per heavy atom. The minimum absolute atomic E-state index is 0.0987. The summed E-state index contributed by atoms with van der Waals surface area (Å²) in [5.41, 5.74) is 6.35. The molecule has 1 N–H and O–H groups in total. The molecular formula is C25H29N3O. The molecule has 0 saturated heterocycles. The predicted octanol–water partition coefficient (Wildman–Crippen LogP) is 5.57. The molecule has 1 atom stereocenters. The van der Waals surface area contributed by atoms with Gasteiger partial charge in [0.2, 0.25) is 0 Å². The number of hydrogen-bond acceptors (Lipinski definition) is 3. The zero-order valence-corrected chi connectivity index (χ0v) is 18.1. The fraction of sp³-hybridized carbons (Fsp3) is 0.360. The summed E-state index contributed by atoms with van der Waals surface area (Å²) in [5.74, 6) is 0.0282. The molecule has 150 valence electrons. The van der Waals surface area contributed by atoms with E-state index in [0.29, 0.717) is 5.92 Å². The van der Waals surface area contributed by atoms with Crippen LogP contribution in [0.15, 0.2) is 42.0 Å². The van der Waals surface area contributed by atoms with Gasteiger partial charge in [0.05, 0.1) is 0 Å². The Hall–Kier alpha value is -3.06. The molecule has 1 aliphatic rings. The standard InChI is InChI=1S/C25H29N3O/c1-16-9-7-8-10-22(16)27-24(29)20(15-26)12-19-13-21-18(3)14-25(4,5)28(6)23(21)11-17(19)2/h7-13,18H,14H2,1-6H3,(H,27,29)/b20-12-/t18-/m0/s1. The van der Waals surface area contributed by atoms with E-state index >= 15 is 0 Å². The number of aryl methyl sites for hydroxylation is 2. The minimum Gasteiger partial charge on any atom is -0.369 e. The van der Waals surface area contributed by atoms with Gasteiger partial charge in [-0.2, -0.15) is 5.26 Å². The molecular weight excluding hydrogens is 358 g/mol. The largest absolute Gasteiger partial charge is 0.369 e. The van der Waals surface area contributed by atoms with Crippen LogP contribution in [0.2, 0.25) is 0 Å². The molecule has 0 unspecified atom stereocenters. The molecule has 2 aromatic rings. The van der Waals surface area contributed by atoms with Crippen LogP contribution in [-0.4, -0.2) is 18.5 Å². The lowest BCUT2D eigenvalue weighted by molar-refractivity contribution is -0.112. The van der Waals surface area contributed by atoms with Crippen LogP contribution in [0.25, 0.3) is 6.08 Å². The molecule has 0 fully saturated rings. The van der Waals surface area contributed by atoms with Crippen molar-refractivity contribution >= 4 is 23.4 Å². The van der Waals surface area contributed by atoms with Crippen molar-refractivity contribution in [2.24, 2.45) is 0 Å². The lowest BCUT2D eigenvalue weighted by Gasteiger charge is -2.45. The van der Waals surface area contributed by atoms with Crippen molar-refractivity contribution in [3.8, 4) is 6.07 Å². The first-order valence-corrected chi connectivity index (χ1v) is 10.0. The second-order valence-corrected chi connectivity index (χ2v) is 8.68. The van der Waals surface area contributed by atoms with Crippen LogP contribution in [0.1, 0.15) is 55.4 Å². The predicted molar refractivity (Wildman–Crippen MR) is 120 cm³/mol. The van der Waals surface area contributed by atoms with Crippen LogP contribution in [0.4, 0.5) is 11.4 Å². The van der Waals surface area contributed by atoms with Gasteiger partial charge in [0.15, 0.2) is 0 Å². The molecule has 1 amide bonds. The SMILES string of the molecule is Cc1cc2c(cc1/C=C(/C#N)C(=O)Nc1ccccc1C)[C@@H](C)CC(C)(C)N2C. The second kappa shape index (κ2) is 7.75. The van der Waals surface area contributed by atoms with Gasteiger partial charge < -0.3 is 10.2 Å². The van der Waals surface area contributed by atoms with E-state index in [-0.39, 0.29) is 17.0 Å². The zero-order chi connectivity index (χ0) is 21.3. The van der Waals surface area contributed by atoms with Crippen molar-refractivity contribution < 1.29 is 4.79 Å². The van der Waals surface area contributed by atoms with E-state index in [2.05, 4.69) is 56.2 Å². The van der Waals surface area contributed by atoms with Crippen molar-refractivity contribution in [2.75, 3.05) is 17.3 Å². The molecule has 0 aliphatic carbocycles. The number of carbonyl (C=O) groups is 1. The monoisotopic (exact) mass is 387 g/mol. The van der Waals surface area contributed by atoms with Gasteiger partial charge in [-0.3, -0.25) is 4.79 Å². The number of nitrogens with one attached hydrogen (secondary N) is 1. The third-order valence-electron chi connectivity index (χ3n) is 6.08. The quantitative estimate of drug-likeness (QED) is 0.553. The fourth-order valence-corrected chi connectivity index (χ4v) is 4.10. The molecule has 0 saturated carbocycles. The summed E-state index contributed by atoms with van der Waals surface area (Å²) in [6.07, 6.45) is 2.76. The number of para-hydroxylation sites is 1. The van der Waals surface area contributed by atoms with Crippen LogP contribution in [0.3, 0.4) is 0 Å². The summed E-state index contributed by atoms with van der Waals surface area (Å²) in [6.45, 7) is 10.7. The maximum atomic E-state index is 12.7. The van der Waals surface area contributed by atoms with E-state index in [1.165, 1.54) is 11.3 Å². The molecule has 4 nitrogen and oxygen atoms in total. The van der Waals surface area contributed by atoms with Gasteiger partial charge in [0.1, 0.15) is 11.6 Å². The Balaban J connectivity index is 1.97. The number of nitrogens with zero attached hydrogens (tertiary/aromatic N) is 2. The molecule has 2 aromatic carbocycles. The number of benzene rings is 2. The first-order chi connectivity index (χ1) is 13.6. The second-order valence-electron chi connectivity index (χ2n) is 8.68. The Morgan fingerprint density at radius 1 is 1.24 bits per heavy atom. The van der Waals surface area contributed by atoms with Gasteiger partial charge in [-0.25, -0.2) is 0 Å². The first-order valence-electron chi connectivity index (χ1n) is 10.0. The smallest absolute Gasteiger partial charge is 0.266 e. The molecule has 0 aromatic heterocycles. The highest BCUT2D eigenvalue weighted by Gasteiger charge is 2.34. The number of amides is 1. The summed E-state index contributed by atoms with van der Waals surface area (Å²) in [6, 6.07) is 13.9. The third kappa shape index (κ3) is 4.05. The zero-order valence-electron chi connectivity index (χ0n) is 18.1. The fourth-order valence-electron chi connectivity index (χ4n) is 4.10. The Morgan fingerprint density at radius 2 is 1.93 bits per heavy atom. The van der Waals surface area contributed by atoms with Crippen molar-refractivity contribution in [1.29, 1.82) is 5.26 Å². The summed E-state index contributed by atoms with van der Waals surface area (Å²) >= 11 is 0. The van der Waals surface area contributed by atoms with E-state index < -0.39 is 0 Å². The number of hydrogen-bond donors (Lipinski definition) is 1. The summed E-state index contributed by atoms with van der Waals surface area (Å²) in [4.78, 5) is 15.0. The molecule has 4 heteroatoms. The van der Waals surface area contributed by atoms with Crippen LogP contribution < -0.4 is 10.2 Å². The van der Waals surface area contributed by atoms with Gasteiger partial charge in [-0.1, -0.05) is 25.1 Å². The molecule has 1 aliphatic heterocycles. The summed E-state index contributed by atoms with van der Waals surface area (Å²) < 4.78 is 0. The molecule has 3 rings (SSSR count). The number of fused-ring (bicyclic) bond motifs is 1. The van der Waals surface area contributed by atoms with E-state index in [9.17, 15) is 10.1 Å². The van der Waals surface area contributed by atoms with Crippen LogP contribution in [0, 0.1) is 25.2 Å². The van der Waals surface area contributed by atoms with Gasteiger partial charge in [0, 0.05) is 24.0 Å². The normalized spacial score (nSPS) is 18.0. The van der Waals surface area contributed by atoms with Crippen LogP contribution >= 0.6 is 0 Å². The van der Waals surface area contributed by atoms with E-state index in [1.807, 2.05) is 38.1 Å². The maximum Gasteiger partial charge on any atom is 0.266 e. The first kappa shape index (κ1) is 20.7. The average molecular weight is 388 g/mol. The highest BCUT2D eigenvalue weighted by Crippen LogP contribution is 2.43. The highest BCUT2D eigenvalue weighted by molar-refractivity contribution is 6.10. The average Bonchev–Trinajstić information content (AvgIpc) is 2.66. The lowest BCUT2D eigenvalue weighted by Crippen LogP contribution is -2.45. The number of carbonyl (C=O) groups excluding carboxylic acids is 1. The summed E-state index contributed by atoms with van der Waals surface area (Å²) in [5, 5.41) is 12.5. The molecule has 0 spiro atoms. The number of anilines is 2. The van der Waals surface area contributed by atoms with Crippen LogP contribution in [0.5, 0.6) is 0 Å². The maximum absolute atomic E-state index is 12.7. The van der Waals surface area contributed by atoms with E-state index in [1.54, 1.807) is 6.08 Å². The molecule has 1 heterocycles. The Bertz CT molecular complexity index is 1030. The van der Waals surface area contributed by atoms with Crippen molar-refractivity contribution in [2.45, 2.75) is 52.5 Å². The Labute approximate surface area is 173 Å². The molecule has 0 radical (unpaired) electrons. The van der Waals surface area contributed by atoms with E-state index in [4.69, 9.17) is 0 Å². The molecule has 0 bridgehead atoms. The molecule has 29 heavy (non-hydrogen) atoms. The van der Waals surface area contributed by atoms with Crippen LogP contribution in [-0.2, 0) is 4.79 Å². The highest BCUT2D eigenvalue weighted by atomic mass is 16.1. The minimum atomic E-state index is -0.384.